The summed E-state index contributed by atoms with van der Waals surface area (Å²) in [5, 5.41) is 14.6. The zero-order valence-corrected chi connectivity index (χ0v) is 21.1. The van der Waals surface area contributed by atoms with Crippen LogP contribution in [-0.2, 0) is 43.3 Å². The number of likely N-dealkylation sites (N-methyl/N-ethyl adjacent to an activating group) is 1. The molecule has 0 aliphatic rings. The van der Waals surface area contributed by atoms with Gasteiger partial charge in [0.25, 0.3) is 0 Å². The van der Waals surface area contributed by atoms with Crippen molar-refractivity contribution in [1.29, 1.82) is 0 Å². The Kier molecular flexibility index (Phi) is 10.5. The molecule has 9 nitrogen and oxygen atoms in total. The Labute approximate surface area is 211 Å². The largest absolute Gasteiger partial charge is 0.481 e. The molecule has 2 rings (SSSR count). The van der Waals surface area contributed by atoms with Gasteiger partial charge in [-0.3, -0.25) is 9.59 Å². The highest BCUT2D eigenvalue weighted by atomic mass is 16.6. The number of benzene rings is 2. The number of rotatable bonds is 11. The summed E-state index contributed by atoms with van der Waals surface area (Å²) in [5.74, 6) is -2.77. The van der Waals surface area contributed by atoms with Gasteiger partial charge >= 0.3 is 18.0 Å². The monoisotopic (exact) mass is 498 g/mol. The van der Waals surface area contributed by atoms with Crippen LogP contribution in [0.25, 0.3) is 0 Å². The van der Waals surface area contributed by atoms with E-state index in [-0.39, 0.29) is 31.8 Å². The molecule has 1 unspecified atom stereocenters. The summed E-state index contributed by atoms with van der Waals surface area (Å²) in [5.41, 5.74) is 1.49. The van der Waals surface area contributed by atoms with Crippen molar-refractivity contribution in [2.75, 3.05) is 7.05 Å². The van der Waals surface area contributed by atoms with Crippen molar-refractivity contribution < 1.29 is 33.8 Å². The predicted octanol–water partition coefficient (Wildman–Crippen LogP) is 3.25. The Hall–Kier alpha value is -3.88. The fraction of sp³-hybridized carbons (Fsp3) is 0.407. The fourth-order valence-corrected chi connectivity index (χ4v) is 3.52. The van der Waals surface area contributed by atoms with Gasteiger partial charge in [-0.15, -0.1) is 0 Å². The van der Waals surface area contributed by atoms with Gasteiger partial charge in [0.15, 0.2) is 0 Å². The van der Waals surface area contributed by atoms with Crippen molar-refractivity contribution in [1.82, 2.24) is 10.6 Å². The van der Waals surface area contributed by atoms with Gasteiger partial charge in [-0.2, -0.15) is 0 Å². The Bertz CT molecular complexity index is 1030. The van der Waals surface area contributed by atoms with Crippen LogP contribution in [0.3, 0.4) is 0 Å². The smallest absolute Gasteiger partial charge is 0.408 e. The van der Waals surface area contributed by atoms with Crippen LogP contribution in [0, 0.1) is 5.92 Å². The molecule has 36 heavy (non-hydrogen) atoms. The lowest BCUT2D eigenvalue weighted by atomic mass is 9.89. The van der Waals surface area contributed by atoms with E-state index in [1.54, 1.807) is 52.1 Å². The number of carboxylic acid groups (broad SMARTS) is 1. The van der Waals surface area contributed by atoms with Crippen LogP contribution in [0.2, 0.25) is 0 Å². The minimum atomic E-state index is -1.25. The average molecular weight is 499 g/mol. The van der Waals surface area contributed by atoms with Crippen molar-refractivity contribution in [3.8, 4) is 0 Å². The van der Waals surface area contributed by atoms with Crippen LogP contribution in [0.4, 0.5) is 4.79 Å². The molecule has 0 aromatic heterocycles. The van der Waals surface area contributed by atoms with Crippen molar-refractivity contribution in [3.05, 3.63) is 71.3 Å². The van der Waals surface area contributed by atoms with Gasteiger partial charge in [0, 0.05) is 13.0 Å². The Morgan fingerprint density at radius 1 is 0.917 bits per heavy atom. The number of aliphatic carboxylic acids is 1. The second-order valence-electron chi connectivity index (χ2n) is 9.45. The van der Waals surface area contributed by atoms with Gasteiger partial charge in [-0.05, 0) is 43.9 Å². The van der Waals surface area contributed by atoms with Crippen LogP contribution in [0.5, 0.6) is 0 Å². The summed E-state index contributed by atoms with van der Waals surface area (Å²) in [7, 11) is 1.56. The minimum Gasteiger partial charge on any atom is -0.481 e. The molecule has 0 saturated carbocycles. The first kappa shape index (κ1) is 28.4. The lowest BCUT2D eigenvalue weighted by Crippen LogP contribution is -2.49. The molecule has 0 saturated heterocycles. The standard InChI is InChI=1S/C27H34N2O7/c1-27(2,3)36-26(34)29-24(21(16-23(31)32)14-18-8-6-5-7-9-18)25(33)35-17-20-12-10-19(11-13-20)15-22(30)28-4/h5-13,21,24H,14-17H2,1-4H3,(H,28,30)(H,29,34)(H,31,32)/t21?,24-/m0/s1. The van der Waals surface area contributed by atoms with Crippen LogP contribution in [0.1, 0.15) is 43.9 Å². The number of hydrogen-bond acceptors (Lipinski definition) is 6. The van der Waals surface area contributed by atoms with Crippen LogP contribution in [0.15, 0.2) is 54.6 Å². The molecule has 0 bridgehead atoms. The van der Waals surface area contributed by atoms with E-state index in [0.717, 1.165) is 11.1 Å². The zero-order chi connectivity index (χ0) is 26.7. The van der Waals surface area contributed by atoms with E-state index < -0.39 is 35.6 Å². The number of esters is 1. The van der Waals surface area contributed by atoms with Gasteiger partial charge in [-0.25, -0.2) is 9.59 Å². The number of carboxylic acids is 1. The maximum Gasteiger partial charge on any atom is 0.408 e. The van der Waals surface area contributed by atoms with Gasteiger partial charge in [0.05, 0.1) is 12.8 Å². The van der Waals surface area contributed by atoms with Gasteiger partial charge in [-0.1, -0.05) is 54.6 Å². The number of nitrogens with one attached hydrogen (secondary N) is 2. The first-order valence-electron chi connectivity index (χ1n) is 11.7. The van der Waals surface area contributed by atoms with Crippen LogP contribution >= 0.6 is 0 Å². The SMILES string of the molecule is CNC(=O)Cc1ccc(COC(=O)[C@@H](NC(=O)OC(C)(C)C)C(CC(=O)O)Cc2ccccc2)cc1. The van der Waals surface area contributed by atoms with Crippen molar-refractivity contribution in [2.24, 2.45) is 5.92 Å². The number of carbonyl (C=O) groups is 4. The van der Waals surface area contributed by atoms with Gasteiger partial charge in [0.2, 0.25) is 5.91 Å². The zero-order valence-electron chi connectivity index (χ0n) is 21.1. The quantitative estimate of drug-likeness (QED) is 0.405. The van der Waals surface area contributed by atoms with E-state index >= 15 is 0 Å². The molecule has 3 N–H and O–H groups in total. The fourth-order valence-electron chi connectivity index (χ4n) is 3.52. The normalized spacial score (nSPS) is 12.7. The van der Waals surface area contributed by atoms with E-state index in [1.165, 1.54) is 0 Å². The molecule has 0 aliphatic heterocycles. The Morgan fingerprint density at radius 2 is 1.53 bits per heavy atom. The highest BCUT2D eigenvalue weighted by Crippen LogP contribution is 2.20. The maximum atomic E-state index is 13.1. The summed E-state index contributed by atoms with van der Waals surface area (Å²) < 4.78 is 10.8. The van der Waals surface area contributed by atoms with E-state index in [1.807, 2.05) is 30.3 Å². The van der Waals surface area contributed by atoms with Gasteiger partial charge in [0.1, 0.15) is 18.2 Å². The van der Waals surface area contributed by atoms with E-state index in [9.17, 15) is 24.3 Å². The molecule has 2 aromatic carbocycles. The van der Waals surface area contributed by atoms with Crippen molar-refractivity contribution >= 4 is 23.9 Å². The van der Waals surface area contributed by atoms with Crippen LogP contribution in [-0.4, -0.2) is 47.7 Å². The molecule has 2 atom stereocenters. The minimum absolute atomic E-state index is 0.0866. The number of alkyl carbamates (subject to hydrolysis) is 1. The van der Waals surface area contributed by atoms with Crippen molar-refractivity contribution in [2.45, 2.75) is 58.3 Å². The van der Waals surface area contributed by atoms with E-state index in [2.05, 4.69) is 10.6 Å². The lowest BCUT2D eigenvalue weighted by Gasteiger charge is -2.27. The molecule has 9 heteroatoms. The second-order valence-corrected chi connectivity index (χ2v) is 9.45. The first-order chi connectivity index (χ1) is 17.0. The predicted molar refractivity (Wildman–Crippen MR) is 133 cm³/mol. The average Bonchev–Trinajstić information content (AvgIpc) is 2.80. The molecule has 0 heterocycles. The number of carbonyl (C=O) groups excluding carboxylic acids is 3. The molecule has 2 aromatic rings. The first-order valence-corrected chi connectivity index (χ1v) is 11.7. The molecular weight excluding hydrogens is 464 g/mol. The molecule has 0 spiro atoms. The maximum absolute atomic E-state index is 13.1. The molecule has 0 fully saturated rings. The summed E-state index contributed by atoms with van der Waals surface area (Å²) in [4.78, 5) is 48.8. The summed E-state index contributed by atoms with van der Waals surface area (Å²) in [6, 6.07) is 14.9. The third-order valence-corrected chi connectivity index (χ3v) is 5.22. The third kappa shape index (κ3) is 10.2. The van der Waals surface area contributed by atoms with Crippen molar-refractivity contribution in [3.63, 3.8) is 0 Å². The molecule has 194 valence electrons. The summed E-state index contributed by atoms with van der Waals surface area (Å²) >= 11 is 0. The van der Waals surface area contributed by atoms with Crippen LogP contribution < -0.4 is 10.6 Å². The Balaban J connectivity index is 2.19. The number of amides is 2. The lowest BCUT2D eigenvalue weighted by molar-refractivity contribution is -0.150. The topological polar surface area (TPSA) is 131 Å². The molecular formula is C27H34N2O7. The molecule has 0 aliphatic carbocycles. The van der Waals surface area contributed by atoms with E-state index in [4.69, 9.17) is 9.47 Å². The summed E-state index contributed by atoms with van der Waals surface area (Å²) in [6.07, 6.45) is -0.740. The number of ether oxygens (including phenoxy) is 2. The Morgan fingerprint density at radius 3 is 2.08 bits per heavy atom. The summed E-state index contributed by atoms with van der Waals surface area (Å²) in [6.45, 7) is 4.97. The van der Waals surface area contributed by atoms with E-state index in [0.29, 0.717) is 5.56 Å². The van der Waals surface area contributed by atoms with Gasteiger partial charge < -0.3 is 25.2 Å². The third-order valence-electron chi connectivity index (χ3n) is 5.22. The molecule has 2 amide bonds. The highest BCUT2D eigenvalue weighted by Gasteiger charge is 2.34. The second kappa shape index (κ2) is 13.3. The number of hydrogen-bond donors (Lipinski definition) is 3. The highest BCUT2D eigenvalue weighted by molar-refractivity contribution is 5.83. The molecule has 0 radical (unpaired) electrons.